The molecule has 2 atom stereocenters. The summed E-state index contributed by atoms with van der Waals surface area (Å²) in [6.45, 7) is 1.95. The molecule has 1 aliphatic heterocycles. The maximum Gasteiger partial charge on any atom is 0.312 e. The van der Waals surface area contributed by atoms with E-state index in [9.17, 15) is 19.5 Å². The Morgan fingerprint density at radius 2 is 2.04 bits per heavy atom. The van der Waals surface area contributed by atoms with Gasteiger partial charge in [-0.25, -0.2) is 0 Å². The van der Waals surface area contributed by atoms with Crippen LogP contribution in [0.25, 0.3) is 0 Å². The Bertz CT molecular complexity index is 819. The van der Waals surface area contributed by atoms with Crippen LogP contribution in [-0.2, 0) is 20.9 Å². The fourth-order valence-electron chi connectivity index (χ4n) is 3.27. The van der Waals surface area contributed by atoms with Crippen LogP contribution in [0.15, 0.2) is 41.8 Å². The summed E-state index contributed by atoms with van der Waals surface area (Å²) in [6, 6.07) is 10.7. The zero-order valence-electron chi connectivity index (χ0n) is 14.3. The van der Waals surface area contributed by atoms with E-state index in [-0.39, 0.29) is 24.8 Å². The minimum Gasteiger partial charge on any atom is -0.481 e. The number of carbonyl (C=O) groups excluding carboxylic acids is 2. The Labute approximate surface area is 155 Å². The predicted molar refractivity (Wildman–Crippen MR) is 97.7 cm³/mol. The zero-order valence-corrected chi connectivity index (χ0v) is 15.2. The lowest BCUT2D eigenvalue weighted by Crippen LogP contribution is -2.42. The number of benzene rings is 1. The highest BCUT2D eigenvalue weighted by Gasteiger charge is 2.33. The summed E-state index contributed by atoms with van der Waals surface area (Å²) in [4.78, 5) is 38.5. The number of fused-ring (bicyclic) bond motifs is 1. The number of hydrogen-bond donors (Lipinski definition) is 2. The molecule has 2 heterocycles. The largest absolute Gasteiger partial charge is 0.481 e. The monoisotopic (exact) mass is 372 g/mol. The average Bonchev–Trinajstić information content (AvgIpc) is 3.14. The van der Waals surface area contributed by atoms with E-state index in [1.807, 2.05) is 41.8 Å². The fraction of sp³-hybridized carbons (Fsp3) is 0.316. The Balaban J connectivity index is 1.79. The van der Waals surface area contributed by atoms with Crippen molar-refractivity contribution in [2.75, 3.05) is 6.54 Å². The van der Waals surface area contributed by atoms with E-state index in [0.29, 0.717) is 6.54 Å². The van der Waals surface area contributed by atoms with Crippen molar-refractivity contribution in [3.63, 3.8) is 0 Å². The van der Waals surface area contributed by atoms with Crippen molar-refractivity contribution in [2.45, 2.75) is 31.8 Å². The van der Waals surface area contributed by atoms with Crippen LogP contribution in [-0.4, -0.2) is 34.3 Å². The molecule has 2 aromatic rings. The fourth-order valence-corrected chi connectivity index (χ4v) is 4.05. The Kier molecular flexibility index (Phi) is 5.37. The molecule has 26 heavy (non-hydrogen) atoms. The summed E-state index contributed by atoms with van der Waals surface area (Å²) in [5.74, 6) is -2.04. The van der Waals surface area contributed by atoms with Crippen LogP contribution in [0.4, 0.5) is 0 Å². The molecule has 0 saturated heterocycles. The van der Waals surface area contributed by atoms with E-state index < -0.39 is 17.9 Å². The number of hydrogen-bond acceptors (Lipinski definition) is 4. The molecule has 1 aromatic heterocycles. The molecule has 0 fully saturated rings. The summed E-state index contributed by atoms with van der Waals surface area (Å²) in [6.07, 6.45) is 0.106. The summed E-state index contributed by atoms with van der Waals surface area (Å²) in [5, 5.41) is 14.3. The molecule has 0 radical (unpaired) electrons. The lowest BCUT2D eigenvalue weighted by molar-refractivity contribution is -0.141. The minimum atomic E-state index is -0.938. The molecule has 3 rings (SSSR count). The molecule has 2 unspecified atom stereocenters. The van der Waals surface area contributed by atoms with Gasteiger partial charge in [0.25, 0.3) is 0 Å². The first-order chi connectivity index (χ1) is 12.5. The Morgan fingerprint density at radius 1 is 1.27 bits per heavy atom. The highest BCUT2D eigenvalue weighted by atomic mass is 32.1. The lowest BCUT2D eigenvalue weighted by atomic mass is 9.89. The van der Waals surface area contributed by atoms with Gasteiger partial charge in [-0.05, 0) is 22.6 Å². The summed E-state index contributed by atoms with van der Waals surface area (Å²) in [5.41, 5.74) is 1.62. The third-order valence-electron chi connectivity index (χ3n) is 4.49. The second-order valence-electron chi connectivity index (χ2n) is 6.34. The molecule has 0 saturated carbocycles. The van der Waals surface area contributed by atoms with Crippen LogP contribution < -0.4 is 5.32 Å². The maximum absolute atomic E-state index is 12.8. The van der Waals surface area contributed by atoms with Gasteiger partial charge in [0.1, 0.15) is 0 Å². The predicted octanol–water partition coefficient (Wildman–Crippen LogP) is 2.53. The number of carboxylic acid groups (broad SMARTS) is 1. The van der Waals surface area contributed by atoms with E-state index in [1.165, 1.54) is 18.3 Å². The smallest absolute Gasteiger partial charge is 0.312 e. The first kappa shape index (κ1) is 18.1. The van der Waals surface area contributed by atoms with Crippen LogP contribution >= 0.6 is 11.3 Å². The summed E-state index contributed by atoms with van der Waals surface area (Å²) in [7, 11) is 0. The normalized spacial score (nSPS) is 17.3. The second kappa shape index (κ2) is 7.70. The molecule has 0 aliphatic carbocycles. The van der Waals surface area contributed by atoms with Crippen molar-refractivity contribution in [1.29, 1.82) is 0 Å². The van der Waals surface area contributed by atoms with E-state index in [0.717, 1.165) is 16.0 Å². The molecular formula is C19H20N2O4S. The number of rotatable bonds is 5. The number of carboxylic acids is 1. The number of carbonyl (C=O) groups is 3. The van der Waals surface area contributed by atoms with Crippen LogP contribution in [0.3, 0.4) is 0 Å². The highest BCUT2D eigenvalue weighted by molar-refractivity contribution is 7.10. The molecule has 6 nitrogen and oxygen atoms in total. The van der Waals surface area contributed by atoms with Crippen molar-refractivity contribution < 1.29 is 19.5 Å². The van der Waals surface area contributed by atoms with Gasteiger partial charge in [-0.3, -0.25) is 14.4 Å². The first-order valence-corrected chi connectivity index (χ1v) is 9.22. The van der Waals surface area contributed by atoms with Crippen LogP contribution in [0.5, 0.6) is 0 Å². The molecule has 0 bridgehead atoms. The molecule has 0 spiro atoms. The lowest BCUT2D eigenvalue weighted by Gasteiger charge is -2.33. The van der Waals surface area contributed by atoms with E-state index in [2.05, 4.69) is 5.32 Å². The van der Waals surface area contributed by atoms with E-state index >= 15 is 0 Å². The Morgan fingerprint density at radius 3 is 2.69 bits per heavy atom. The van der Waals surface area contributed by atoms with Gasteiger partial charge in [-0.15, -0.1) is 11.3 Å². The van der Waals surface area contributed by atoms with Crippen molar-refractivity contribution >= 4 is 29.1 Å². The number of nitrogens with zero attached hydrogens (tertiary/aromatic N) is 1. The van der Waals surface area contributed by atoms with Gasteiger partial charge in [0.05, 0.1) is 18.4 Å². The molecule has 2 N–H and O–H groups in total. The number of aliphatic carboxylic acids is 1. The SMILES string of the molecule is CC(=O)NC(CC(=O)N1Cc2ccccc2C(C(=O)O)C1)c1cccs1. The van der Waals surface area contributed by atoms with Crippen LogP contribution in [0, 0.1) is 0 Å². The van der Waals surface area contributed by atoms with Gasteiger partial charge < -0.3 is 15.3 Å². The van der Waals surface area contributed by atoms with Gasteiger partial charge in [-0.2, -0.15) is 0 Å². The third kappa shape index (κ3) is 3.94. The van der Waals surface area contributed by atoms with E-state index in [4.69, 9.17) is 0 Å². The summed E-state index contributed by atoms with van der Waals surface area (Å²) >= 11 is 1.48. The quantitative estimate of drug-likeness (QED) is 0.844. The summed E-state index contributed by atoms with van der Waals surface area (Å²) < 4.78 is 0. The second-order valence-corrected chi connectivity index (χ2v) is 7.32. The molecule has 7 heteroatoms. The molecule has 1 aromatic carbocycles. The van der Waals surface area contributed by atoms with Crippen molar-refractivity contribution in [1.82, 2.24) is 10.2 Å². The van der Waals surface area contributed by atoms with Crippen molar-refractivity contribution in [3.05, 3.63) is 57.8 Å². The highest BCUT2D eigenvalue weighted by Crippen LogP contribution is 2.30. The first-order valence-electron chi connectivity index (χ1n) is 8.34. The van der Waals surface area contributed by atoms with Crippen LogP contribution in [0.2, 0.25) is 0 Å². The molecular weight excluding hydrogens is 352 g/mol. The van der Waals surface area contributed by atoms with Crippen LogP contribution in [0.1, 0.15) is 41.3 Å². The standard InChI is InChI=1S/C19H20N2O4S/c1-12(22)20-16(17-7-4-8-26-17)9-18(23)21-10-13-5-2-3-6-14(13)15(11-21)19(24)25/h2-8,15-16H,9-11H2,1H3,(H,20,22)(H,24,25). The molecule has 136 valence electrons. The minimum absolute atomic E-state index is 0.106. The van der Waals surface area contributed by atoms with Gasteiger partial charge in [0.15, 0.2) is 0 Å². The maximum atomic E-state index is 12.8. The third-order valence-corrected chi connectivity index (χ3v) is 5.47. The number of amides is 2. The van der Waals surface area contributed by atoms with Gasteiger partial charge in [-0.1, -0.05) is 30.3 Å². The molecule has 1 aliphatic rings. The zero-order chi connectivity index (χ0) is 18.7. The van der Waals surface area contributed by atoms with Crippen molar-refractivity contribution in [3.8, 4) is 0 Å². The van der Waals surface area contributed by atoms with E-state index in [1.54, 1.807) is 4.90 Å². The average molecular weight is 372 g/mol. The van der Waals surface area contributed by atoms with Gasteiger partial charge in [0.2, 0.25) is 11.8 Å². The number of nitrogens with one attached hydrogen (secondary N) is 1. The van der Waals surface area contributed by atoms with Gasteiger partial charge >= 0.3 is 5.97 Å². The van der Waals surface area contributed by atoms with Gasteiger partial charge in [0, 0.05) is 24.9 Å². The van der Waals surface area contributed by atoms with Crippen molar-refractivity contribution in [2.24, 2.45) is 0 Å². The molecule has 2 amide bonds. The number of thiophene rings is 1. The topological polar surface area (TPSA) is 86.7 Å². The Hall–Kier alpha value is -2.67.